The maximum atomic E-state index is 11.9. The Balaban J connectivity index is 1.91. The second-order valence-corrected chi connectivity index (χ2v) is 5.98. The van der Waals surface area contributed by atoms with Gasteiger partial charge < -0.3 is 4.98 Å². The average molecular weight is 290 g/mol. The molecule has 1 saturated carbocycles. The highest BCUT2D eigenvalue weighted by molar-refractivity contribution is 5.69. The normalized spacial score (nSPS) is 16.0. The Morgan fingerprint density at radius 3 is 2.71 bits per heavy atom. The van der Waals surface area contributed by atoms with Crippen LogP contribution in [0, 0.1) is 5.92 Å². The van der Waals surface area contributed by atoms with Crippen molar-refractivity contribution in [3.8, 4) is 0 Å². The van der Waals surface area contributed by atoms with Gasteiger partial charge in [-0.3, -0.25) is 14.3 Å². The summed E-state index contributed by atoms with van der Waals surface area (Å²) >= 11 is 0. The van der Waals surface area contributed by atoms with Gasteiger partial charge in [-0.25, -0.2) is 9.78 Å². The van der Waals surface area contributed by atoms with E-state index in [9.17, 15) is 9.59 Å². The first-order chi connectivity index (χ1) is 10.2. The summed E-state index contributed by atoms with van der Waals surface area (Å²) in [4.78, 5) is 33.7. The van der Waals surface area contributed by atoms with Gasteiger partial charge >= 0.3 is 5.69 Å². The summed E-state index contributed by atoms with van der Waals surface area (Å²) in [5.74, 6) is 1.60. The quantitative estimate of drug-likeness (QED) is 0.882. The topological polar surface area (TPSA) is 83.5 Å². The summed E-state index contributed by atoms with van der Waals surface area (Å²) in [6.45, 7) is 2.57. The number of rotatable bonds is 5. The molecule has 3 rings (SSSR count). The maximum absolute atomic E-state index is 11.9. The smallest absolute Gasteiger partial charge is 0.330 e. The molecule has 1 aliphatic rings. The lowest BCUT2D eigenvalue weighted by Crippen LogP contribution is -2.30. The molecular weight excluding hydrogens is 268 g/mol. The molecular formula is C15H22N4O2. The summed E-state index contributed by atoms with van der Waals surface area (Å²) in [6, 6.07) is 0. The van der Waals surface area contributed by atoms with Crippen LogP contribution in [0.25, 0.3) is 11.2 Å². The van der Waals surface area contributed by atoms with E-state index in [0.29, 0.717) is 17.7 Å². The first-order valence-electron chi connectivity index (χ1n) is 7.90. The standard InChI is InChI=1S/C15H22N4O2/c1-2-9-19-13-12(14(20)18-15(19)21)16-11(17-13)8-7-10-5-3-4-6-10/h10H,2-9H2,1H3,(H,16,17)(H,18,20,21). The van der Waals surface area contributed by atoms with Gasteiger partial charge in [0.05, 0.1) is 0 Å². The number of fused-ring (bicyclic) bond motifs is 1. The van der Waals surface area contributed by atoms with Gasteiger partial charge in [-0.2, -0.15) is 0 Å². The van der Waals surface area contributed by atoms with Crippen LogP contribution in [0.15, 0.2) is 9.59 Å². The van der Waals surface area contributed by atoms with Gasteiger partial charge in [0.15, 0.2) is 5.65 Å². The first-order valence-corrected chi connectivity index (χ1v) is 7.90. The molecule has 0 amide bonds. The first kappa shape index (κ1) is 14.1. The van der Waals surface area contributed by atoms with Crippen molar-refractivity contribution in [2.75, 3.05) is 0 Å². The predicted molar refractivity (Wildman–Crippen MR) is 81.5 cm³/mol. The number of aryl methyl sites for hydroxylation is 2. The van der Waals surface area contributed by atoms with Crippen LogP contribution in [0.1, 0.15) is 51.3 Å². The number of nitrogens with zero attached hydrogens (tertiary/aromatic N) is 2. The number of H-pyrrole nitrogens is 2. The lowest BCUT2D eigenvalue weighted by atomic mass is 10.0. The third-order valence-electron chi connectivity index (χ3n) is 4.39. The van der Waals surface area contributed by atoms with E-state index in [2.05, 4.69) is 15.0 Å². The highest BCUT2D eigenvalue weighted by atomic mass is 16.2. The molecule has 1 aliphatic carbocycles. The Labute approximate surface area is 122 Å². The fraction of sp³-hybridized carbons (Fsp3) is 0.667. The molecule has 0 aliphatic heterocycles. The molecule has 2 heterocycles. The molecule has 0 spiro atoms. The van der Waals surface area contributed by atoms with Gasteiger partial charge in [0.25, 0.3) is 5.56 Å². The van der Waals surface area contributed by atoms with E-state index in [1.807, 2.05) is 6.92 Å². The Morgan fingerprint density at radius 1 is 1.24 bits per heavy atom. The van der Waals surface area contributed by atoms with Crippen LogP contribution in [0.5, 0.6) is 0 Å². The third-order valence-corrected chi connectivity index (χ3v) is 4.39. The van der Waals surface area contributed by atoms with Crippen molar-refractivity contribution in [1.82, 2.24) is 19.5 Å². The van der Waals surface area contributed by atoms with Gasteiger partial charge in [-0.05, 0) is 18.8 Å². The van der Waals surface area contributed by atoms with Gasteiger partial charge in [0.1, 0.15) is 11.3 Å². The lowest BCUT2D eigenvalue weighted by molar-refractivity contribution is 0.498. The van der Waals surface area contributed by atoms with Crippen molar-refractivity contribution >= 4 is 11.2 Å². The zero-order valence-electron chi connectivity index (χ0n) is 12.4. The second kappa shape index (κ2) is 5.87. The fourth-order valence-electron chi connectivity index (χ4n) is 3.28. The SMILES string of the molecule is CCCn1c(=O)[nH]c(=O)c2[nH]c(CCC3CCCC3)nc21. The van der Waals surface area contributed by atoms with E-state index in [4.69, 9.17) is 0 Å². The largest absolute Gasteiger partial charge is 0.336 e. The van der Waals surface area contributed by atoms with E-state index in [1.165, 1.54) is 25.7 Å². The van der Waals surface area contributed by atoms with Gasteiger partial charge in [-0.1, -0.05) is 32.6 Å². The maximum Gasteiger partial charge on any atom is 0.330 e. The van der Waals surface area contributed by atoms with E-state index < -0.39 is 0 Å². The van der Waals surface area contributed by atoms with Crippen molar-refractivity contribution in [1.29, 1.82) is 0 Å². The number of aromatic amines is 2. The molecule has 0 aromatic carbocycles. The van der Waals surface area contributed by atoms with Gasteiger partial charge in [0, 0.05) is 13.0 Å². The van der Waals surface area contributed by atoms with Crippen LogP contribution in [0.2, 0.25) is 0 Å². The fourth-order valence-corrected chi connectivity index (χ4v) is 3.28. The number of imidazole rings is 1. The van der Waals surface area contributed by atoms with Crippen LogP contribution < -0.4 is 11.2 Å². The highest BCUT2D eigenvalue weighted by Gasteiger charge is 2.17. The third kappa shape index (κ3) is 2.80. The van der Waals surface area contributed by atoms with E-state index in [1.54, 1.807) is 4.57 Å². The Hall–Kier alpha value is -1.85. The summed E-state index contributed by atoms with van der Waals surface area (Å²) in [7, 11) is 0. The molecule has 0 atom stereocenters. The number of nitrogens with one attached hydrogen (secondary N) is 2. The zero-order valence-corrected chi connectivity index (χ0v) is 12.4. The van der Waals surface area contributed by atoms with Crippen LogP contribution in [-0.2, 0) is 13.0 Å². The molecule has 0 saturated heterocycles. The molecule has 1 fully saturated rings. The van der Waals surface area contributed by atoms with Crippen molar-refractivity contribution in [2.24, 2.45) is 5.92 Å². The zero-order chi connectivity index (χ0) is 14.8. The van der Waals surface area contributed by atoms with Crippen LogP contribution in [0.4, 0.5) is 0 Å². The second-order valence-electron chi connectivity index (χ2n) is 5.98. The monoisotopic (exact) mass is 290 g/mol. The van der Waals surface area contributed by atoms with Gasteiger partial charge in [-0.15, -0.1) is 0 Å². The van der Waals surface area contributed by atoms with E-state index in [-0.39, 0.29) is 11.2 Å². The molecule has 6 heteroatoms. The molecule has 2 aromatic heterocycles. The average Bonchev–Trinajstić information content (AvgIpc) is 3.10. The van der Waals surface area contributed by atoms with E-state index >= 15 is 0 Å². The molecule has 21 heavy (non-hydrogen) atoms. The number of hydrogen-bond acceptors (Lipinski definition) is 3. The molecule has 114 valence electrons. The number of aromatic nitrogens is 4. The van der Waals surface area contributed by atoms with Crippen LogP contribution in [0.3, 0.4) is 0 Å². The van der Waals surface area contributed by atoms with Crippen molar-refractivity contribution < 1.29 is 0 Å². The number of hydrogen-bond donors (Lipinski definition) is 2. The Bertz CT molecular complexity index is 734. The molecule has 2 aromatic rings. The van der Waals surface area contributed by atoms with Crippen molar-refractivity contribution in [3.05, 3.63) is 26.7 Å². The minimum Gasteiger partial charge on any atom is -0.336 e. The molecule has 0 unspecified atom stereocenters. The van der Waals surface area contributed by atoms with Gasteiger partial charge in [0.2, 0.25) is 0 Å². The minimum absolute atomic E-state index is 0.372. The molecule has 0 bridgehead atoms. The summed E-state index contributed by atoms with van der Waals surface area (Å²) in [5, 5.41) is 0. The molecule has 6 nitrogen and oxygen atoms in total. The van der Waals surface area contributed by atoms with Crippen LogP contribution in [-0.4, -0.2) is 19.5 Å². The van der Waals surface area contributed by atoms with E-state index in [0.717, 1.165) is 31.0 Å². The molecule has 0 radical (unpaired) electrons. The summed E-state index contributed by atoms with van der Waals surface area (Å²) in [6.07, 6.45) is 8.06. The Morgan fingerprint density at radius 2 is 2.00 bits per heavy atom. The van der Waals surface area contributed by atoms with Crippen molar-refractivity contribution in [2.45, 2.75) is 58.4 Å². The minimum atomic E-state index is -0.373. The molecule has 2 N–H and O–H groups in total. The highest BCUT2D eigenvalue weighted by Crippen LogP contribution is 2.28. The van der Waals surface area contributed by atoms with Crippen molar-refractivity contribution in [3.63, 3.8) is 0 Å². The summed E-state index contributed by atoms with van der Waals surface area (Å²) in [5.41, 5.74) is 0.168. The Kier molecular flexibility index (Phi) is 3.94. The van der Waals surface area contributed by atoms with Crippen LogP contribution >= 0.6 is 0 Å². The lowest BCUT2D eigenvalue weighted by Gasteiger charge is -2.05. The predicted octanol–water partition coefficient (Wildman–Crippen LogP) is 1.95. The summed E-state index contributed by atoms with van der Waals surface area (Å²) < 4.78 is 1.55.